The third-order valence-corrected chi connectivity index (χ3v) is 8.09. The first-order valence-electron chi connectivity index (χ1n) is 13.0. The molecule has 5 rings (SSSR count). The highest BCUT2D eigenvalue weighted by atomic mass is 35.5. The van der Waals surface area contributed by atoms with E-state index in [-0.39, 0.29) is 24.0 Å². The standard InChI is InChI=1S/C27H31ClF3N5O3/c1-16-11-19(27(29,30)31)13-22(32-16)36-23(37)12-18-14-35(8-7-34-9-10-39-15-17(34)2)25-20(28)5-4-6-21(25)33(3)26(38)24(18)36/h4-6,11,13,17-18,24H,7-10,12,14-15H2,1-3H3/t17-,18-,24+/m1/s1. The zero-order chi connectivity index (χ0) is 28.1. The molecule has 8 nitrogen and oxygen atoms in total. The summed E-state index contributed by atoms with van der Waals surface area (Å²) in [5.74, 6) is -1.47. The van der Waals surface area contributed by atoms with Gasteiger partial charge >= 0.3 is 6.18 Å². The number of carbonyl (C=O) groups excluding carboxylic acids is 2. The van der Waals surface area contributed by atoms with E-state index in [1.165, 1.54) is 11.8 Å². The average molecular weight is 566 g/mol. The number of benzene rings is 1. The molecule has 2 saturated heterocycles. The number of carbonyl (C=O) groups is 2. The topological polar surface area (TPSA) is 69.2 Å². The predicted molar refractivity (Wildman–Crippen MR) is 142 cm³/mol. The number of rotatable bonds is 4. The number of amides is 2. The molecule has 39 heavy (non-hydrogen) atoms. The number of likely N-dealkylation sites (N-methyl/N-ethyl adjacent to an activating group) is 1. The van der Waals surface area contributed by atoms with Gasteiger partial charge in [-0.3, -0.25) is 19.4 Å². The van der Waals surface area contributed by atoms with Crippen LogP contribution in [0.4, 0.5) is 30.4 Å². The van der Waals surface area contributed by atoms with Gasteiger partial charge < -0.3 is 14.5 Å². The highest BCUT2D eigenvalue weighted by molar-refractivity contribution is 6.34. The SMILES string of the molecule is Cc1cc(C(F)(F)F)cc(N2C(=O)C[C@@H]3CN(CCN4CCOC[C@H]4C)c4c(Cl)cccc4N(C)C(=O)[C@H]32)n1. The first-order chi connectivity index (χ1) is 18.5. The van der Waals surface area contributed by atoms with Crippen LogP contribution in [0.5, 0.6) is 0 Å². The van der Waals surface area contributed by atoms with Crippen molar-refractivity contribution in [3.05, 3.63) is 46.6 Å². The van der Waals surface area contributed by atoms with Crippen LogP contribution in [0.15, 0.2) is 30.3 Å². The van der Waals surface area contributed by atoms with E-state index in [2.05, 4.69) is 21.7 Å². The highest BCUT2D eigenvalue weighted by Gasteiger charge is 2.49. The number of hydrogen-bond donors (Lipinski definition) is 0. The van der Waals surface area contributed by atoms with Crippen molar-refractivity contribution < 1.29 is 27.5 Å². The summed E-state index contributed by atoms with van der Waals surface area (Å²) in [6.07, 6.45) is -4.61. The molecule has 0 radical (unpaired) electrons. The smallest absolute Gasteiger partial charge is 0.379 e. The van der Waals surface area contributed by atoms with Crippen LogP contribution in [-0.4, -0.2) is 80.2 Å². The molecule has 0 unspecified atom stereocenters. The van der Waals surface area contributed by atoms with Gasteiger partial charge in [-0.25, -0.2) is 4.98 Å². The number of fused-ring (bicyclic) bond motifs is 2. The first-order valence-corrected chi connectivity index (χ1v) is 13.3. The lowest BCUT2D eigenvalue weighted by Gasteiger charge is -2.40. The van der Waals surface area contributed by atoms with E-state index in [1.807, 2.05) is 0 Å². The molecular weight excluding hydrogens is 535 g/mol. The van der Waals surface area contributed by atoms with Gasteiger partial charge in [0.2, 0.25) is 11.8 Å². The van der Waals surface area contributed by atoms with Gasteiger partial charge in [0.15, 0.2) is 0 Å². The Hall–Kier alpha value is -2.89. The van der Waals surface area contributed by atoms with Gasteiger partial charge in [-0.05, 0) is 38.1 Å². The second-order valence-electron chi connectivity index (χ2n) is 10.4. The highest BCUT2D eigenvalue weighted by Crippen LogP contribution is 2.43. The maximum absolute atomic E-state index is 13.9. The molecule has 0 aliphatic carbocycles. The lowest BCUT2D eigenvalue weighted by atomic mass is 9.95. The molecule has 210 valence electrons. The van der Waals surface area contributed by atoms with E-state index in [1.54, 1.807) is 25.2 Å². The summed E-state index contributed by atoms with van der Waals surface area (Å²) >= 11 is 6.69. The minimum absolute atomic E-state index is 0.00542. The van der Waals surface area contributed by atoms with E-state index in [0.717, 1.165) is 30.1 Å². The summed E-state index contributed by atoms with van der Waals surface area (Å²) in [5, 5.41) is 0.483. The van der Waals surface area contributed by atoms with Crippen LogP contribution in [0.1, 0.15) is 24.6 Å². The summed E-state index contributed by atoms with van der Waals surface area (Å²) in [4.78, 5) is 38.5. The number of nitrogens with zero attached hydrogens (tertiary/aromatic N) is 5. The van der Waals surface area contributed by atoms with Gasteiger partial charge in [-0.15, -0.1) is 0 Å². The molecule has 2 amide bonds. The number of ether oxygens (including phenoxy) is 1. The zero-order valence-electron chi connectivity index (χ0n) is 22.0. The fraction of sp³-hybridized carbons (Fsp3) is 0.519. The molecule has 3 atom stereocenters. The molecule has 1 aromatic carbocycles. The van der Waals surface area contributed by atoms with Crippen LogP contribution in [-0.2, 0) is 20.5 Å². The summed E-state index contributed by atoms with van der Waals surface area (Å²) in [7, 11) is 1.61. The van der Waals surface area contributed by atoms with E-state index in [4.69, 9.17) is 16.3 Å². The average Bonchev–Trinajstić information content (AvgIpc) is 3.20. The number of alkyl halides is 3. The van der Waals surface area contributed by atoms with E-state index >= 15 is 0 Å². The summed E-state index contributed by atoms with van der Waals surface area (Å²) in [6.45, 7) is 7.27. The summed E-state index contributed by atoms with van der Waals surface area (Å²) < 4.78 is 46.4. The Kier molecular flexibility index (Phi) is 7.51. The number of aromatic nitrogens is 1. The van der Waals surface area contributed by atoms with Crippen LogP contribution in [0.2, 0.25) is 5.02 Å². The fourth-order valence-corrected chi connectivity index (χ4v) is 6.10. The minimum Gasteiger partial charge on any atom is -0.379 e. The number of halogens is 4. The molecule has 12 heteroatoms. The second-order valence-corrected chi connectivity index (χ2v) is 10.8. The molecule has 3 aliphatic rings. The molecule has 4 heterocycles. The third-order valence-electron chi connectivity index (χ3n) is 7.79. The number of anilines is 3. The van der Waals surface area contributed by atoms with Crippen molar-refractivity contribution >= 4 is 40.6 Å². The Morgan fingerprint density at radius 2 is 1.95 bits per heavy atom. The maximum Gasteiger partial charge on any atom is 0.416 e. The van der Waals surface area contributed by atoms with Gasteiger partial charge in [-0.2, -0.15) is 13.2 Å². The number of aryl methyl sites for hydroxylation is 1. The van der Waals surface area contributed by atoms with Crippen molar-refractivity contribution in [2.45, 2.75) is 38.5 Å². The van der Waals surface area contributed by atoms with E-state index in [0.29, 0.717) is 42.7 Å². The van der Waals surface area contributed by atoms with E-state index < -0.39 is 35.5 Å². The minimum atomic E-state index is -4.62. The van der Waals surface area contributed by atoms with Crippen LogP contribution in [0, 0.1) is 12.8 Å². The molecule has 2 fully saturated rings. The van der Waals surface area contributed by atoms with Gasteiger partial charge in [-0.1, -0.05) is 17.7 Å². The quantitative estimate of drug-likeness (QED) is 0.558. The Balaban J connectivity index is 1.53. The van der Waals surface area contributed by atoms with Crippen LogP contribution >= 0.6 is 11.6 Å². The fourth-order valence-electron chi connectivity index (χ4n) is 5.81. The van der Waals surface area contributed by atoms with Crippen molar-refractivity contribution in [1.29, 1.82) is 0 Å². The number of morpholine rings is 1. The van der Waals surface area contributed by atoms with Gasteiger partial charge in [0.1, 0.15) is 11.9 Å². The monoisotopic (exact) mass is 565 g/mol. The molecule has 2 aromatic rings. The van der Waals surface area contributed by atoms with Gasteiger partial charge in [0, 0.05) is 57.3 Å². The van der Waals surface area contributed by atoms with Crippen LogP contribution < -0.4 is 14.7 Å². The summed E-state index contributed by atoms with van der Waals surface area (Å²) in [5.41, 5.74) is 0.481. The molecule has 1 aromatic heterocycles. The molecule has 0 N–H and O–H groups in total. The molecule has 0 bridgehead atoms. The molecule has 0 saturated carbocycles. The van der Waals surface area contributed by atoms with Crippen molar-refractivity contribution in [3.63, 3.8) is 0 Å². The van der Waals surface area contributed by atoms with Crippen molar-refractivity contribution in [3.8, 4) is 0 Å². The largest absolute Gasteiger partial charge is 0.416 e. The maximum atomic E-state index is 13.9. The Morgan fingerprint density at radius 1 is 1.18 bits per heavy atom. The Bertz CT molecular complexity index is 1280. The predicted octanol–water partition coefficient (Wildman–Crippen LogP) is 3.99. The summed E-state index contributed by atoms with van der Waals surface area (Å²) in [6, 6.07) is 6.33. The number of pyridine rings is 1. The van der Waals surface area contributed by atoms with Gasteiger partial charge in [0.25, 0.3) is 0 Å². The van der Waals surface area contributed by atoms with Crippen molar-refractivity contribution in [1.82, 2.24) is 9.88 Å². The lowest BCUT2D eigenvalue weighted by molar-refractivity contribution is -0.137. The normalized spacial score (nSPS) is 24.5. The number of para-hydroxylation sites is 1. The molecule has 3 aliphatic heterocycles. The van der Waals surface area contributed by atoms with Crippen LogP contribution in [0.3, 0.4) is 0 Å². The van der Waals surface area contributed by atoms with Gasteiger partial charge in [0.05, 0.1) is 35.2 Å². The second kappa shape index (κ2) is 10.6. The molecular formula is C27H31ClF3N5O3. The van der Waals surface area contributed by atoms with Crippen molar-refractivity contribution in [2.75, 3.05) is 61.1 Å². The third kappa shape index (κ3) is 5.31. The number of hydrogen-bond acceptors (Lipinski definition) is 6. The first kappa shape index (κ1) is 27.7. The zero-order valence-corrected chi connectivity index (χ0v) is 22.8. The Labute approximate surface area is 230 Å². The van der Waals surface area contributed by atoms with E-state index in [9.17, 15) is 22.8 Å². The lowest BCUT2D eigenvalue weighted by Crippen LogP contribution is -2.53. The molecule has 0 spiro atoms. The van der Waals surface area contributed by atoms with Crippen molar-refractivity contribution in [2.24, 2.45) is 5.92 Å². The Morgan fingerprint density at radius 3 is 2.67 bits per heavy atom. The van der Waals surface area contributed by atoms with Crippen LogP contribution in [0.25, 0.3) is 0 Å².